The molecule has 2 rings (SSSR count). The van der Waals surface area contributed by atoms with Gasteiger partial charge in [-0.15, -0.1) is 31.4 Å². The number of benzene rings is 1. The summed E-state index contributed by atoms with van der Waals surface area (Å²) >= 11 is 0. The van der Waals surface area contributed by atoms with Crippen LogP contribution in [0.25, 0.3) is 0 Å². The highest BCUT2D eigenvalue weighted by molar-refractivity contribution is 5.85. The molecule has 0 radical (unpaired) electrons. The SMILES string of the molecule is C=C(C)C[C@H](c1cccc(F)c1)N1CCNCC1.Cl.Cl. The summed E-state index contributed by atoms with van der Waals surface area (Å²) in [5.74, 6) is -0.158. The van der Waals surface area contributed by atoms with Crippen LogP contribution in [0.15, 0.2) is 36.4 Å². The van der Waals surface area contributed by atoms with E-state index in [9.17, 15) is 4.39 Å². The van der Waals surface area contributed by atoms with Crippen molar-refractivity contribution in [1.29, 1.82) is 0 Å². The fourth-order valence-corrected chi connectivity index (χ4v) is 2.50. The molecule has 0 amide bonds. The zero-order valence-electron chi connectivity index (χ0n) is 11.8. The molecule has 1 heterocycles. The van der Waals surface area contributed by atoms with E-state index in [0.717, 1.165) is 43.7 Å². The van der Waals surface area contributed by atoms with Crippen LogP contribution >= 0.6 is 24.8 Å². The molecule has 0 saturated carbocycles. The summed E-state index contributed by atoms with van der Waals surface area (Å²) in [5, 5.41) is 3.35. The van der Waals surface area contributed by atoms with Crippen molar-refractivity contribution in [2.75, 3.05) is 26.2 Å². The number of rotatable bonds is 4. The molecule has 1 aliphatic rings. The fourth-order valence-electron chi connectivity index (χ4n) is 2.50. The Labute approximate surface area is 133 Å². The summed E-state index contributed by atoms with van der Waals surface area (Å²) in [6, 6.07) is 7.20. The summed E-state index contributed by atoms with van der Waals surface area (Å²) < 4.78 is 13.4. The lowest BCUT2D eigenvalue weighted by atomic mass is 9.98. The molecule has 0 unspecified atom stereocenters. The molecule has 1 N–H and O–H groups in total. The first-order valence-electron chi connectivity index (χ1n) is 6.51. The van der Waals surface area contributed by atoms with Crippen molar-refractivity contribution >= 4 is 24.8 Å². The van der Waals surface area contributed by atoms with Gasteiger partial charge in [-0.25, -0.2) is 4.39 Å². The Morgan fingerprint density at radius 3 is 2.55 bits per heavy atom. The zero-order valence-corrected chi connectivity index (χ0v) is 13.4. The highest BCUT2D eigenvalue weighted by Gasteiger charge is 2.22. The van der Waals surface area contributed by atoms with Crippen molar-refractivity contribution < 1.29 is 4.39 Å². The van der Waals surface area contributed by atoms with Crippen LogP contribution in [0.5, 0.6) is 0 Å². The first kappa shape index (κ1) is 19.4. The predicted molar refractivity (Wildman–Crippen MR) is 87.5 cm³/mol. The van der Waals surface area contributed by atoms with E-state index in [1.54, 1.807) is 12.1 Å². The molecule has 114 valence electrons. The van der Waals surface area contributed by atoms with Crippen LogP contribution in [0.3, 0.4) is 0 Å². The van der Waals surface area contributed by atoms with Gasteiger partial charge in [0.2, 0.25) is 0 Å². The van der Waals surface area contributed by atoms with Crippen molar-refractivity contribution in [2.24, 2.45) is 0 Å². The number of hydrogen-bond donors (Lipinski definition) is 1. The molecule has 20 heavy (non-hydrogen) atoms. The van der Waals surface area contributed by atoms with Crippen molar-refractivity contribution in [1.82, 2.24) is 10.2 Å². The molecule has 5 heteroatoms. The molecular weight excluding hydrogens is 298 g/mol. The molecular formula is C15H23Cl2FN2. The van der Waals surface area contributed by atoms with Gasteiger partial charge in [0.05, 0.1) is 0 Å². The van der Waals surface area contributed by atoms with E-state index >= 15 is 0 Å². The molecule has 2 nitrogen and oxygen atoms in total. The molecule has 1 fully saturated rings. The number of nitrogens with zero attached hydrogens (tertiary/aromatic N) is 1. The smallest absolute Gasteiger partial charge is 0.123 e. The summed E-state index contributed by atoms with van der Waals surface area (Å²) in [6.07, 6.45) is 0.892. The van der Waals surface area contributed by atoms with Crippen LogP contribution < -0.4 is 5.32 Å². The lowest BCUT2D eigenvalue weighted by Crippen LogP contribution is -2.45. The minimum Gasteiger partial charge on any atom is -0.314 e. The van der Waals surface area contributed by atoms with Crippen LogP contribution in [0.1, 0.15) is 24.9 Å². The zero-order chi connectivity index (χ0) is 13.0. The second-order valence-corrected chi connectivity index (χ2v) is 5.02. The van der Waals surface area contributed by atoms with Crippen LogP contribution in [0.4, 0.5) is 4.39 Å². The maximum Gasteiger partial charge on any atom is 0.123 e. The van der Waals surface area contributed by atoms with Gasteiger partial charge in [-0.05, 0) is 31.0 Å². The van der Waals surface area contributed by atoms with Crippen molar-refractivity contribution in [3.8, 4) is 0 Å². The van der Waals surface area contributed by atoms with Gasteiger partial charge in [-0.2, -0.15) is 0 Å². The Bertz CT molecular complexity index is 420. The van der Waals surface area contributed by atoms with Gasteiger partial charge in [-0.1, -0.05) is 17.7 Å². The predicted octanol–water partition coefficient (Wildman–Crippen LogP) is 3.58. The summed E-state index contributed by atoms with van der Waals surface area (Å²) in [4.78, 5) is 2.42. The first-order valence-corrected chi connectivity index (χ1v) is 6.51. The van der Waals surface area contributed by atoms with Gasteiger partial charge in [-0.3, -0.25) is 4.90 Å². The fraction of sp³-hybridized carbons (Fsp3) is 0.467. The number of piperazine rings is 1. The van der Waals surface area contributed by atoms with Gasteiger partial charge < -0.3 is 5.32 Å². The van der Waals surface area contributed by atoms with Crippen molar-refractivity contribution in [3.05, 3.63) is 47.8 Å². The highest BCUT2D eigenvalue weighted by atomic mass is 35.5. The number of nitrogens with one attached hydrogen (secondary N) is 1. The molecule has 0 spiro atoms. The average molecular weight is 321 g/mol. The second kappa shape index (κ2) is 9.35. The molecule has 1 saturated heterocycles. The molecule has 1 aromatic rings. The van der Waals surface area contributed by atoms with Gasteiger partial charge in [0, 0.05) is 32.2 Å². The Hall–Kier alpha value is -0.610. The standard InChI is InChI=1S/C15H21FN2.2ClH/c1-12(2)10-15(18-8-6-17-7-9-18)13-4-3-5-14(16)11-13;;/h3-5,11,15,17H,1,6-10H2,2H3;2*1H/t15-;;/m1../s1. The third kappa shape index (κ3) is 5.41. The van der Waals surface area contributed by atoms with E-state index in [4.69, 9.17) is 0 Å². The topological polar surface area (TPSA) is 15.3 Å². The van der Waals surface area contributed by atoms with E-state index < -0.39 is 0 Å². The third-order valence-electron chi connectivity index (χ3n) is 3.37. The number of hydrogen-bond acceptors (Lipinski definition) is 2. The molecule has 0 aromatic heterocycles. The minimum absolute atomic E-state index is 0. The van der Waals surface area contributed by atoms with Crippen LogP contribution in [-0.4, -0.2) is 31.1 Å². The molecule has 1 aromatic carbocycles. The van der Waals surface area contributed by atoms with Crippen molar-refractivity contribution in [3.63, 3.8) is 0 Å². The summed E-state index contributed by atoms with van der Waals surface area (Å²) in [6.45, 7) is 10.1. The van der Waals surface area contributed by atoms with Gasteiger partial charge in [0.1, 0.15) is 5.82 Å². The van der Waals surface area contributed by atoms with E-state index in [0.29, 0.717) is 0 Å². The second-order valence-electron chi connectivity index (χ2n) is 5.02. The minimum atomic E-state index is -0.158. The lowest BCUT2D eigenvalue weighted by Gasteiger charge is -2.35. The Morgan fingerprint density at radius 1 is 1.35 bits per heavy atom. The quantitative estimate of drug-likeness (QED) is 0.853. The Morgan fingerprint density at radius 2 is 2.00 bits per heavy atom. The van der Waals surface area contributed by atoms with E-state index in [1.807, 2.05) is 13.0 Å². The highest BCUT2D eigenvalue weighted by Crippen LogP contribution is 2.27. The van der Waals surface area contributed by atoms with E-state index in [-0.39, 0.29) is 36.7 Å². The normalized spacial score (nSPS) is 16.7. The van der Waals surface area contributed by atoms with Gasteiger partial charge in [0.15, 0.2) is 0 Å². The summed E-state index contributed by atoms with van der Waals surface area (Å²) in [5.41, 5.74) is 2.20. The lowest BCUT2D eigenvalue weighted by molar-refractivity contribution is 0.172. The maximum absolute atomic E-state index is 13.4. The average Bonchev–Trinajstić information content (AvgIpc) is 2.37. The molecule has 1 atom stereocenters. The Balaban J connectivity index is 0.00000180. The monoisotopic (exact) mass is 320 g/mol. The van der Waals surface area contributed by atoms with E-state index in [1.165, 1.54) is 6.07 Å². The van der Waals surface area contributed by atoms with Crippen molar-refractivity contribution in [2.45, 2.75) is 19.4 Å². The molecule has 1 aliphatic heterocycles. The van der Waals surface area contributed by atoms with Gasteiger partial charge in [0.25, 0.3) is 0 Å². The Kier molecular flexibility index (Phi) is 9.06. The number of halogens is 3. The molecule has 0 bridgehead atoms. The van der Waals surface area contributed by atoms with Crippen LogP contribution in [-0.2, 0) is 0 Å². The first-order chi connectivity index (χ1) is 8.66. The van der Waals surface area contributed by atoms with Crippen LogP contribution in [0, 0.1) is 5.82 Å². The molecule has 0 aliphatic carbocycles. The maximum atomic E-state index is 13.4. The third-order valence-corrected chi connectivity index (χ3v) is 3.37. The van der Waals surface area contributed by atoms with Crippen LogP contribution in [0.2, 0.25) is 0 Å². The largest absolute Gasteiger partial charge is 0.314 e. The summed E-state index contributed by atoms with van der Waals surface area (Å²) in [7, 11) is 0. The van der Waals surface area contributed by atoms with Gasteiger partial charge >= 0.3 is 0 Å². The van der Waals surface area contributed by atoms with E-state index in [2.05, 4.69) is 16.8 Å².